The summed E-state index contributed by atoms with van der Waals surface area (Å²) >= 11 is 0. The summed E-state index contributed by atoms with van der Waals surface area (Å²) in [4.78, 5) is 5.83. The number of hydrogen-bond donors (Lipinski definition) is 1. The van der Waals surface area contributed by atoms with Crippen molar-refractivity contribution >= 4 is 39.8 Å². The van der Waals surface area contributed by atoms with Gasteiger partial charge in [-0.05, 0) is 26.0 Å². The van der Waals surface area contributed by atoms with Gasteiger partial charge < -0.3 is 15.0 Å². The maximum absolute atomic E-state index is 14.0. The second-order valence-corrected chi connectivity index (χ2v) is 9.24. The molecule has 1 N–H and O–H groups in total. The van der Waals surface area contributed by atoms with Crippen molar-refractivity contribution in [3.05, 3.63) is 29.6 Å². The summed E-state index contributed by atoms with van der Waals surface area (Å²) in [7, 11) is -1.71. The summed E-state index contributed by atoms with van der Waals surface area (Å²) in [5.74, 6) is -0.614. The van der Waals surface area contributed by atoms with E-state index in [1.807, 2.05) is 0 Å². The summed E-state index contributed by atoms with van der Waals surface area (Å²) < 4.78 is 66.6. The standard InChI is InChI=1S/C16H22F3N3O3S.HI/c1-16(2)10-22(7-8-26(16,23)24)15(20-3)21-9-11-12(17)5-4-6-13(11)25-14(18)19;/h4-6,14H,7-10H2,1-3H3,(H,20,21);1H. The van der Waals surface area contributed by atoms with Crippen molar-refractivity contribution in [2.45, 2.75) is 31.8 Å². The van der Waals surface area contributed by atoms with E-state index >= 15 is 0 Å². The third-order valence-corrected chi connectivity index (χ3v) is 6.80. The third kappa shape index (κ3) is 5.62. The largest absolute Gasteiger partial charge is 0.434 e. The smallest absolute Gasteiger partial charge is 0.387 e. The van der Waals surface area contributed by atoms with Crippen molar-refractivity contribution < 1.29 is 26.3 Å². The maximum atomic E-state index is 14.0. The number of rotatable bonds is 4. The Balaban J connectivity index is 0.00000364. The molecule has 1 aliphatic heterocycles. The molecule has 1 aromatic rings. The number of sulfone groups is 1. The van der Waals surface area contributed by atoms with E-state index in [1.54, 1.807) is 18.7 Å². The lowest BCUT2D eigenvalue weighted by atomic mass is 10.1. The molecule has 154 valence electrons. The van der Waals surface area contributed by atoms with Gasteiger partial charge in [0.25, 0.3) is 0 Å². The fourth-order valence-corrected chi connectivity index (χ4v) is 4.11. The molecule has 1 aromatic carbocycles. The van der Waals surface area contributed by atoms with Gasteiger partial charge in [0.1, 0.15) is 11.6 Å². The molecule has 6 nitrogen and oxygen atoms in total. The molecule has 0 atom stereocenters. The molecule has 1 fully saturated rings. The van der Waals surface area contributed by atoms with E-state index in [0.717, 1.165) is 6.07 Å². The van der Waals surface area contributed by atoms with E-state index in [-0.39, 0.29) is 60.7 Å². The highest BCUT2D eigenvalue weighted by Gasteiger charge is 2.41. The van der Waals surface area contributed by atoms with Gasteiger partial charge in [-0.25, -0.2) is 12.8 Å². The highest BCUT2D eigenvalue weighted by Crippen LogP contribution is 2.25. The molecule has 0 aromatic heterocycles. The van der Waals surface area contributed by atoms with Gasteiger partial charge in [0.05, 0.1) is 10.5 Å². The van der Waals surface area contributed by atoms with Crippen LogP contribution in [0.25, 0.3) is 0 Å². The van der Waals surface area contributed by atoms with Crippen LogP contribution < -0.4 is 10.1 Å². The minimum Gasteiger partial charge on any atom is -0.434 e. The van der Waals surface area contributed by atoms with Crippen LogP contribution in [0.2, 0.25) is 0 Å². The fraction of sp³-hybridized carbons (Fsp3) is 0.562. The van der Waals surface area contributed by atoms with Crippen LogP contribution >= 0.6 is 24.0 Å². The summed E-state index contributed by atoms with van der Waals surface area (Å²) in [5, 5.41) is 2.89. The lowest BCUT2D eigenvalue weighted by Gasteiger charge is -2.39. The minimum absolute atomic E-state index is 0. The van der Waals surface area contributed by atoms with Crippen LogP contribution in [0.4, 0.5) is 13.2 Å². The van der Waals surface area contributed by atoms with Gasteiger partial charge in [-0.1, -0.05) is 6.07 Å². The van der Waals surface area contributed by atoms with Gasteiger partial charge in [-0.3, -0.25) is 4.99 Å². The van der Waals surface area contributed by atoms with Gasteiger partial charge in [0, 0.05) is 32.2 Å². The second kappa shape index (κ2) is 9.30. The number of guanidine groups is 1. The fourth-order valence-electron chi connectivity index (χ4n) is 2.74. The molecule has 1 heterocycles. The van der Waals surface area contributed by atoms with Crippen molar-refractivity contribution in [3.63, 3.8) is 0 Å². The molecule has 1 saturated heterocycles. The number of aliphatic imine (C=N–C) groups is 1. The Bertz CT molecular complexity index is 788. The Morgan fingerprint density at radius 3 is 2.63 bits per heavy atom. The second-order valence-electron chi connectivity index (χ2n) is 6.50. The van der Waals surface area contributed by atoms with E-state index in [0.29, 0.717) is 5.96 Å². The number of benzene rings is 1. The lowest BCUT2D eigenvalue weighted by molar-refractivity contribution is -0.0506. The quantitative estimate of drug-likeness (QED) is 0.375. The number of nitrogens with zero attached hydrogens (tertiary/aromatic N) is 2. The number of hydrogen-bond acceptors (Lipinski definition) is 4. The maximum Gasteiger partial charge on any atom is 0.387 e. The van der Waals surface area contributed by atoms with E-state index in [1.165, 1.54) is 19.2 Å². The molecule has 0 spiro atoms. The van der Waals surface area contributed by atoms with Crippen molar-refractivity contribution in [2.75, 3.05) is 25.9 Å². The van der Waals surface area contributed by atoms with Crippen molar-refractivity contribution in [2.24, 2.45) is 4.99 Å². The first-order chi connectivity index (χ1) is 12.1. The van der Waals surface area contributed by atoms with Crippen LogP contribution in [0.3, 0.4) is 0 Å². The Labute approximate surface area is 174 Å². The molecule has 11 heteroatoms. The molecule has 0 aliphatic carbocycles. The van der Waals surface area contributed by atoms with Gasteiger partial charge in [0.2, 0.25) is 0 Å². The topological polar surface area (TPSA) is 71.0 Å². The van der Waals surface area contributed by atoms with Crippen molar-refractivity contribution in [3.8, 4) is 5.75 Å². The Kier molecular flexibility index (Phi) is 8.20. The molecule has 0 radical (unpaired) electrons. The Morgan fingerprint density at radius 2 is 2.07 bits per heavy atom. The number of ether oxygens (including phenoxy) is 1. The van der Waals surface area contributed by atoms with Crippen LogP contribution in [0.5, 0.6) is 5.75 Å². The first-order valence-corrected chi connectivity index (χ1v) is 9.63. The SMILES string of the molecule is CN=C(NCc1c(F)cccc1OC(F)F)N1CCS(=O)(=O)C(C)(C)C1.I. The molecule has 2 rings (SSSR count). The van der Waals surface area contributed by atoms with E-state index in [4.69, 9.17) is 0 Å². The van der Waals surface area contributed by atoms with Gasteiger partial charge in [-0.2, -0.15) is 8.78 Å². The van der Waals surface area contributed by atoms with E-state index < -0.39 is 27.0 Å². The predicted octanol–water partition coefficient (Wildman–Crippen LogP) is 2.63. The minimum atomic E-state index is -3.22. The molecule has 0 bridgehead atoms. The zero-order chi connectivity index (χ0) is 19.5. The normalized spacial score (nSPS) is 18.8. The molecule has 0 saturated carbocycles. The molecule has 0 amide bonds. The van der Waals surface area contributed by atoms with Crippen LogP contribution in [0, 0.1) is 5.82 Å². The van der Waals surface area contributed by atoms with Gasteiger partial charge in [-0.15, -0.1) is 24.0 Å². The molecular weight excluding hydrogens is 498 g/mol. The molecule has 0 unspecified atom stereocenters. The van der Waals surface area contributed by atoms with Crippen molar-refractivity contribution in [1.82, 2.24) is 10.2 Å². The van der Waals surface area contributed by atoms with Crippen molar-refractivity contribution in [1.29, 1.82) is 0 Å². The van der Waals surface area contributed by atoms with E-state index in [9.17, 15) is 21.6 Å². The Morgan fingerprint density at radius 1 is 1.41 bits per heavy atom. The highest BCUT2D eigenvalue weighted by molar-refractivity contribution is 14.0. The molecule has 27 heavy (non-hydrogen) atoms. The van der Waals surface area contributed by atoms with Crippen LogP contribution in [0.1, 0.15) is 19.4 Å². The van der Waals surface area contributed by atoms with Crippen LogP contribution in [0.15, 0.2) is 23.2 Å². The molecular formula is C16H23F3IN3O3S. The predicted molar refractivity (Wildman–Crippen MR) is 108 cm³/mol. The summed E-state index contributed by atoms with van der Waals surface area (Å²) in [6.45, 7) is 0.518. The number of halogens is 4. The van der Waals surface area contributed by atoms with Gasteiger partial charge >= 0.3 is 6.61 Å². The third-order valence-electron chi connectivity index (χ3n) is 4.27. The number of nitrogens with one attached hydrogen (secondary N) is 1. The average Bonchev–Trinajstić information content (AvgIpc) is 2.53. The average molecular weight is 521 g/mol. The number of alkyl halides is 2. The summed E-state index contributed by atoms with van der Waals surface area (Å²) in [6.07, 6.45) is 0. The highest BCUT2D eigenvalue weighted by atomic mass is 127. The molecule has 1 aliphatic rings. The zero-order valence-corrected chi connectivity index (χ0v) is 18.4. The lowest BCUT2D eigenvalue weighted by Crippen LogP contribution is -2.57. The monoisotopic (exact) mass is 521 g/mol. The van der Waals surface area contributed by atoms with Crippen LogP contribution in [-0.4, -0.2) is 56.5 Å². The Hall–Kier alpha value is -1.24. The summed E-state index contributed by atoms with van der Waals surface area (Å²) in [5.41, 5.74) is -0.0576. The van der Waals surface area contributed by atoms with E-state index in [2.05, 4.69) is 15.0 Å². The van der Waals surface area contributed by atoms with Gasteiger partial charge in [0.15, 0.2) is 15.8 Å². The first kappa shape index (κ1) is 23.8. The van der Waals surface area contributed by atoms with Crippen LogP contribution in [-0.2, 0) is 16.4 Å². The summed E-state index contributed by atoms with van der Waals surface area (Å²) in [6, 6.07) is 3.68. The first-order valence-electron chi connectivity index (χ1n) is 7.97. The zero-order valence-electron chi connectivity index (χ0n) is 15.2.